The highest BCUT2D eigenvalue weighted by Crippen LogP contribution is 2.28. The smallest absolute Gasteiger partial charge is 0.321 e. The van der Waals surface area contributed by atoms with E-state index >= 15 is 0 Å². The van der Waals surface area contributed by atoms with Gasteiger partial charge in [0.1, 0.15) is 16.7 Å². The van der Waals surface area contributed by atoms with Gasteiger partial charge in [-0.1, -0.05) is 18.0 Å². The van der Waals surface area contributed by atoms with Crippen LogP contribution < -0.4 is 5.32 Å². The molecular weight excluding hydrogens is 324 g/mol. The van der Waals surface area contributed by atoms with E-state index in [2.05, 4.69) is 17.1 Å². The van der Waals surface area contributed by atoms with E-state index in [0.717, 1.165) is 12.6 Å². The van der Waals surface area contributed by atoms with E-state index < -0.39 is 11.6 Å². The number of halogens is 3. The van der Waals surface area contributed by atoms with E-state index in [-0.39, 0.29) is 16.7 Å². The number of carbonyl (C=O) groups excluding carboxylic acids is 1. The molecule has 1 N–H and O–H groups in total. The Kier molecular flexibility index (Phi) is 4.73. The molecule has 0 unspecified atom stereocenters. The Labute approximate surface area is 139 Å². The van der Waals surface area contributed by atoms with Gasteiger partial charge < -0.3 is 10.2 Å². The number of benzene rings is 1. The Hall–Kier alpha value is -1.40. The van der Waals surface area contributed by atoms with Crippen molar-refractivity contribution in [2.75, 3.05) is 25.0 Å². The van der Waals surface area contributed by atoms with E-state index in [1.807, 2.05) is 0 Å². The molecule has 2 aliphatic heterocycles. The lowest BCUT2D eigenvalue weighted by atomic mass is 9.98. The second-order valence-corrected chi connectivity index (χ2v) is 6.70. The zero-order chi connectivity index (χ0) is 16.6. The van der Waals surface area contributed by atoms with Crippen molar-refractivity contribution in [3.05, 3.63) is 28.8 Å². The third kappa shape index (κ3) is 3.43. The van der Waals surface area contributed by atoms with Crippen molar-refractivity contribution in [3.8, 4) is 0 Å². The zero-order valence-corrected chi connectivity index (χ0v) is 13.7. The molecule has 4 nitrogen and oxygen atoms in total. The molecule has 0 radical (unpaired) electrons. The summed E-state index contributed by atoms with van der Waals surface area (Å²) in [6.07, 6.45) is 3.66. The van der Waals surface area contributed by atoms with Gasteiger partial charge in [0.15, 0.2) is 0 Å². The molecule has 0 saturated carbocycles. The maximum absolute atomic E-state index is 13.4. The van der Waals surface area contributed by atoms with Crippen LogP contribution in [-0.2, 0) is 0 Å². The van der Waals surface area contributed by atoms with Gasteiger partial charge in [0.2, 0.25) is 0 Å². The number of nitrogens with one attached hydrogen (secondary N) is 1. The molecule has 2 saturated heterocycles. The number of hydrogen-bond acceptors (Lipinski definition) is 2. The van der Waals surface area contributed by atoms with Crippen molar-refractivity contribution in [1.29, 1.82) is 0 Å². The summed E-state index contributed by atoms with van der Waals surface area (Å²) in [4.78, 5) is 16.2. The molecule has 0 aliphatic carbocycles. The number of piperidine rings is 1. The molecule has 1 atom stereocenters. The molecule has 1 aromatic rings. The van der Waals surface area contributed by atoms with E-state index in [9.17, 15) is 13.6 Å². The molecule has 2 heterocycles. The lowest BCUT2D eigenvalue weighted by molar-refractivity contribution is 0.0199. The topological polar surface area (TPSA) is 35.6 Å². The standard InChI is InChI=1S/C16H20ClF2N3O/c1-10-4-2-3-5-22(10)12-8-21(9-12)16(23)20-14-7-11(18)6-13(19)15(14)17/h6-7,10,12H,2-5,8-9H2,1H3,(H,20,23)/t10-/m0/s1. The first-order valence-electron chi connectivity index (χ1n) is 7.92. The molecule has 1 aromatic carbocycles. The fraction of sp³-hybridized carbons (Fsp3) is 0.562. The molecule has 0 aromatic heterocycles. The van der Waals surface area contributed by atoms with Crippen LogP contribution in [0.4, 0.5) is 19.3 Å². The van der Waals surface area contributed by atoms with Gasteiger partial charge in [-0.15, -0.1) is 0 Å². The highest BCUT2D eigenvalue weighted by molar-refractivity contribution is 6.33. The van der Waals surface area contributed by atoms with Gasteiger partial charge in [0.05, 0.1) is 5.69 Å². The average molecular weight is 344 g/mol. The predicted octanol–water partition coefficient (Wildman–Crippen LogP) is 3.71. The number of hydrogen-bond donors (Lipinski definition) is 1. The molecule has 2 fully saturated rings. The van der Waals surface area contributed by atoms with E-state index in [0.29, 0.717) is 31.2 Å². The summed E-state index contributed by atoms with van der Waals surface area (Å²) < 4.78 is 26.6. The van der Waals surface area contributed by atoms with Crippen LogP contribution in [0.15, 0.2) is 12.1 Å². The molecular formula is C16H20ClF2N3O. The molecule has 23 heavy (non-hydrogen) atoms. The molecule has 0 bridgehead atoms. The van der Waals surface area contributed by atoms with E-state index in [1.54, 1.807) is 4.90 Å². The lowest BCUT2D eigenvalue weighted by Crippen LogP contribution is -2.64. The largest absolute Gasteiger partial charge is 0.321 e. The summed E-state index contributed by atoms with van der Waals surface area (Å²) in [6, 6.07) is 2.25. The van der Waals surface area contributed by atoms with Gasteiger partial charge in [-0.25, -0.2) is 13.6 Å². The second kappa shape index (κ2) is 6.61. The quantitative estimate of drug-likeness (QED) is 0.831. The van der Waals surface area contributed by atoms with Crippen molar-refractivity contribution in [3.63, 3.8) is 0 Å². The molecule has 126 valence electrons. The molecule has 3 rings (SSSR count). The summed E-state index contributed by atoms with van der Waals surface area (Å²) in [6.45, 7) is 4.55. The van der Waals surface area contributed by atoms with Crippen LogP contribution in [0, 0.1) is 11.6 Å². The van der Waals surface area contributed by atoms with Gasteiger partial charge in [0.25, 0.3) is 0 Å². The van der Waals surface area contributed by atoms with Crippen molar-refractivity contribution in [1.82, 2.24) is 9.80 Å². The number of rotatable bonds is 2. The Morgan fingerprint density at radius 1 is 1.30 bits per heavy atom. The minimum atomic E-state index is -0.884. The van der Waals surface area contributed by atoms with Gasteiger partial charge in [-0.3, -0.25) is 4.90 Å². The number of anilines is 1. The minimum Gasteiger partial charge on any atom is -0.321 e. The Bertz CT molecular complexity index is 607. The van der Waals surface area contributed by atoms with E-state index in [4.69, 9.17) is 11.6 Å². The first-order valence-corrected chi connectivity index (χ1v) is 8.29. The molecule has 7 heteroatoms. The summed E-state index contributed by atoms with van der Waals surface area (Å²) in [7, 11) is 0. The minimum absolute atomic E-state index is 0.0380. The fourth-order valence-electron chi connectivity index (χ4n) is 3.33. The van der Waals surface area contributed by atoms with Crippen LogP contribution in [0.2, 0.25) is 5.02 Å². The Balaban J connectivity index is 1.57. The van der Waals surface area contributed by atoms with Gasteiger partial charge in [0, 0.05) is 31.2 Å². The summed E-state index contributed by atoms with van der Waals surface area (Å²) in [5.74, 6) is -1.66. The highest BCUT2D eigenvalue weighted by Gasteiger charge is 2.37. The zero-order valence-electron chi connectivity index (χ0n) is 13.0. The fourth-order valence-corrected chi connectivity index (χ4v) is 3.49. The van der Waals surface area contributed by atoms with Crippen LogP contribution in [-0.4, -0.2) is 47.5 Å². The van der Waals surface area contributed by atoms with Gasteiger partial charge >= 0.3 is 6.03 Å². The maximum atomic E-state index is 13.4. The lowest BCUT2D eigenvalue weighted by Gasteiger charge is -2.49. The predicted molar refractivity (Wildman–Crippen MR) is 85.8 cm³/mol. The first kappa shape index (κ1) is 16.5. The monoisotopic (exact) mass is 343 g/mol. The van der Waals surface area contributed by atoms with Crippen LogP contribution in [0.5, 0.6) is 0 Å². The van der Waals surface area contributed by atoms with Gasteiger partial charge in [-0.05, 0) is 32.4 Å². The normalized spacial score (nSPS) is 22.8. The van der Waals surface area contributed by atoms with Crippen LogP contribution in [0.25, 0.3) is 0 Å². The summed E-state index contributed by atoms with van der Waals surface area (Å²) >= 11 is 5.76. The number of amides is 2. The number of urea groups is 1. The summed E-state index contributed by atoms with van der Waals surface area (Å²) in [5, 5.41) is 2.21. The number of nitrogens with zero attached hydrogens (tertiary/aromatic N) is 2. The Morgan fingerprint density at radius 3 is 2.74 bits per heavy atom. The average Bonchev–Trinajstić information content (AvgIpc) is 2.44. The number of likely N-dealkylation sites (tertiary alicyclic amines) is 2. The SMILES string of the molecule is C[C@H]1CCCCN1C1CN(C(=O)Nc2cc(F)cc(F)c2Cl)C1. The van der Waals surface area contributed by atoms with Gasteiger partial charge in [-0.2, -0.15) is 0 Å². The van der Waals surface area contributed by atoms with Crippen LogP contribution >= 0.6 is 11.6 Å². The molecule has 2 amide bonds. The molecule has 0 spiro atoms. The molecule has 2 aliphatic rings. The first-order chi connectivity index (χ1) is 11.0. The van der Waals surface area contributed by atoms with E-state index in [1.165, 1.54) is 19.3 Å². The third-order valence-electron chi connectivity index (χ3n) is 4.71. The highest BCUT2D eigenvalue weighted by atomic mass is 35.5. The van der Waals surface area contributed by atoms with Crippen LogP contribution in [0.3, 0.4) is 0 Å². The summed E-state index contributed by atoms with van der Waals surface area (Å²) in [5.41, 5.74) is -0.0380. The third-order valence-corrected chi connectivity index (χ3v) is 5.09. The maximum Gasteiger partial charge on any atom is 0.321 e. The number of carbonyl (C=O) groups is 1. The second-order valence-electron chi connectivity index (χ2n) is 6.32. The van der Waals surface area contributed by atoms with Crippen molar-refractivity contribution < 1.29 is 13.6 Å². The van der Waals surface area contributed by atoms with Crippen molar-refractivity contribution in [2.45, 2.75) is 38.3 Å². The Morgan fingerprint density at radius 2 is 2.04 bits per heavy atom. The van der Waals surface area contributed by atoms with Crippen molar-refractivity contribution >= 4 is 23.3 Å². The van der Waals surface area contributed by atoms with Crippen molar-refractivity contribution in [2.24, 2.45) is 0 Å². The van der Waals surface area contributed by atoms with Crippen LogP contribution in [0.1, 0.15) is 26.2 Å².